The number of halogens is 1. The third-order valence-electron chi connectivity index (χ3n) is 1.31. The summed E-state index contributed by atoms with van der Waals surface area (Å²) in [6, 6.07) is 1.91. The fourth-order valence-corrected chi connectivity index (χ4v) is 0.915. The van der Waals surface area contributed by atoms with Gasteiger partial charge in [0.15, 0.2) is 0 Å². The molecule has 62 valence electrons. The minimum Gasteiger partial charge on any atom is -0.467 e. The normalized spacial score (nSPS) is 10.4. The summed E-state index contributed by atoms with van der Waals surface area (Å²) in [6.07, 6.45) is 1.65. The van der Waals surface area contributed by atoms with Crippen LogP contribution in [0.3, 0.4) is 0 Å². The Morgan fingerprint density at radius 2 is 2.45 bits per heavy atom. The van der Waals surface area contributed by atoms with E-state index in [2.05, 4.69) is 0 Å². The van der Waals surface area contributed by atoms with Gasteiger partial charge in [-0.15, -0.1) is 11.6 Å². The first-order valence-corrected chi connectivity index (χ1v) is 4.10. The Bertz CT molecular complexity index is 208. The maximum Gasteiger partial charge on any atom is 0.129 e. The van der Waals surface area contributed by atoms with Crippen LogP contribution in [0.25, 0.3) is 0 Å². The van der Waals surface area contributed by atoms with Crippen LogP contribution in [-0.2, 0) is 17.2 Å². The Morgan fingerprint density at radius 1 is 1.64 bits per heavy atom. The van der Waals surface area contributed by atoms with Crippen molar-refractivity contribution < 1.29 is 9.15 Å². The first-order chi connectivity index (χ1) is 5.36. The molecule has 0 radical (unpaired) electrons. The van der Waals surface area contributed by atoms with Crippen molar-refractivity contribution in [3.05, 3.63) is 23.7 Å². The molecular weight excluding hydrogens is 164 g/mol. The minimum atomic E-state index is 0.496. The number of furan rings is 1. The minimum absolute atomic E-state index is 0.496. The van der Waals surface area contributed by atoms with Gasteiger partial charge < -0.3 is 9.15 Å². The molecule has 0 saturated carbocycles. The van der Waals surface area contributed by atoms with Gasteiger partial charge in [-0.05, 0) is 13.0 Å². The Labute approximate surface area is 71.1 Å². The van der Waals surface area contributed by atoms with Gasteiger partial charge in [0.25, 0.3) is 0 Å². The first kappa shape index (κ1) is 8.62. The van der Waals surface area contributed by atoms with E-state index < -0.39 is 0 Å². The van der Waals surface area contributed by atoms with E-state index >= 15 is 0 Å². The van der Waals surface area contributed by atoms with Crippen molar-refractivity contribution in [2.75, 3.05) is 6.61 Å². The summed E-state index contributed by atoms with van der Waals surface area (Å²) in [6.45, 7) is 3.19. The highest BCUT2D eigenvalue weighted by molar-refractivity contribution is 6.17. The molecule has 2 nitrogen and oxygen atoms in total. The third-order valence-corrected chi connectivity index (χ3v) is 1.62. The van der Waals surface area contributed by atoms with Crippen LogP contribution in [-0.4, -0.2) is 6.61 Å². The monoisotopic (exact) mass is 174 g/mol. The van der Waals surface area contributed by atoms with Gasteiger partial charge in [0.2, 0.25) is 0 Å². The molecule has 0 spiro atoms. The quantitative estimate of drug-likeness (QED) is 0.655. The molecule has 3 heteroatoms. The molecule has 11 heavy (non-hydrogen) atoms. The molecule has 0 N–H and O–H groups in total. The molecule has 0 unspecified atom stereocenters. The van der Waals surface area contributed by atoms with Gasteiger partial charge in [-0.3, -0.25) is 0 Å². The molecule has 1 aromatic heterocycles. The van der Waals surface area contributed by atoms with Crippen LogP contribution in [0.4, 0.5) is 0 Å². The van der Waals surface area contributed by atoms with Crippen molar-refractivity contribution in [1.82, 2.24) is 0 Å². The zero-order valence-electron chi connectivity index (χ0n) is 6.47. The predicted octanol–water partition coefficient (Wildman–Crippen LogP) is 2.55. The summed E-state index contributed by atoms with van der Waals surface area (Å²) in [4.78, 5) is 0. The lowest BCUT2D eigenvalue weighted by Gasteiger charge is -1.94. The van der Waals surface area contributed by atoms with E-state index in [1.54, 1.807) is 6.26 Å². The van der Waals surface area contributed by atoms with E-state index in [0.29, 0.717) is 19.1 Å². The third kappa shape index (κ3) is 2.56. The molecule has 0 amide bonds. The summed E-state index contributed by atoms with van der Waals surface area (Å²) >= 11 is 5.57. The van der Waals surface area contributed by atoms with Crippen molar-refractivity contribution in [3.8, 4) is 0 Å². The lowest BCUT2D eigenvalue weighted by Crippen LogP contribution is -1.88. The number of rotatable bonds is 4. The average Bonchev–Trinajstić information content (AvgIpc) is 2.48. The highest BCUT2D eigenvalue weighted by Crippen LogP contribution is 2.10. The van der Waals surface area contributed by atoms with Crippen LogP contribution < -0.4 is 0 Å². The topological polar surface area (TPSA) is 22.4 Å². The lowest BCUT2D eigenvalue weighted by molar-refractivity contribution is 0.118. The van der Waals surface area contributed by atoms with Crippen molar-refractivity contribution >= 4 is 11.6 Å². The average molecular weight is 175 g/mol. The van der Waals surface area contributed by atoms with Gasteiger partial charge in [0, 0.05) is 12.2 Å². The molecule has 0 aliphatic rings. The van der Waals surface area contributed by atoms with Crippen LogP contribution in [0, 0.1) is 0 Å². The van der Waals surface area contributed by atoms with Crippen LogP contribution in [0.1, 0.15) is 18.2 Å². The van der Waals surface area contributed by atoms with Crippen molar-refractivity contribution in [1.29, 1.82) is 0 Å². The number of alkyl halides is 1. The molecule has 0 aliphatic carbocycles. The van der Waals surface area contributed by atoms with Crippen molar-refractivity contribution in [2.45, 2.75) is 19.4 Å². The molecule has 1 heterocycles. The van der Waals surface area contributed by atoms with Gasteiger partial charge in [0.05, 0.1) is 12.1 Å². The van der Waals surface area contributed by atoms with Crippen LogP contribution in [0.5, 0.6) is 0 Å². The van der Waals surface area contributed by atoms with Crippen molar-refractivity contribution in [3.63, 3.8) is 0 Å². The summed E-state index contributed by atoms with van der Waals surface area (Å²) in [5, 5.41) is 0. The number of hydrogen-bond acceptors (Lipinski definition) is 2. The Balaban J connectivity index is 2.44. The Kier molecular flexibility index (Phi) is 3.46. The van der Waals surface area contributed by atoms with Crippen molar-refractivity contribution in [2.24, 2.45) is 0 Å². The van der Waals surface area contributed by atoms with E-state index in [9.17, 15) is 0 Å². The number of hydrogen-bond donors (Lipinski definition) is 0. The van der Waals surface area contributed by atoms with E-state index in [1.807, 2.05) is 13.0 Å². The molecule has 0 fully saturated rings. The molecule has 0 aromatic carbocycles. The summed E-state index contributed by atoms with van der Waals surface area (Å²) in [5.74, 6) is 1.33. The molecule has 1 rings (SSSR count). The van der Waals surface area contributed by atoms with Crippen LogP contribution in [0.2, 0.25) is 0 Å². The molecule has 1 aromatic rings. The van der Waals surface area contributed by atoms with Crippen LogP contribution in [0.15, 0.2) is 16.7 Å². The number of ether oxygens (including phenoxy) is 1. The van der Waals surface area contributed by atoms with E-state index in [-0.39, 0.29) is 0 Å². The molecule has 0 bridgehead atoms. The van der Waals surface area contributed by atoms with E-state index in [0.717, 1.165) is 11.3 Å². The predicted molar refractivity (Wildman–Crippen MR) is 43.6 cm³/mol. The molecular formula is C8H11ClO2. The standard InChI is InChI=1S/C8H11ClO2/c1-2-10-6-8-3-7(4-9)5-11-8/h3,5H,2,4,6H2,1H3. The summed E-state index contributed by atoms with van der Waals surface area (Å²) in [7, 11) is 0. The fourth-order valence-electron chi connectivity index (χ4n) is 0.775. The van der Waals surface area contributed by atoms with E-state index in [1.165, 1.54) is 0 Å². The van der Waals surface area contributed by atoms with E-state index in [4.69, 9.17) is 20.8 Å². The highest BCUT2D eigenvalue weighted by Gasteiger charge is 1.99. The summed E-state index contributed by atoms with van der Waals surface area (Å²) in [5.41, 5.74) is 1.00. The molecule has 0 saturated heterocycles. The van der Waals surface area contributed by atoms with Crippen LogP contribution >= 0.6 is 11.6 Å². The SMILES string of the molecule is CCOCc1cc(CCl)co1. The van der Waals surface area contributed by atoms with Gasteiger partial charge in [-0.25, -0.2) is 0 Å². The highest BCUT2D eigenvalue weighted by atomic mass is 35.5. The maximum absolute atomic E-state index is 5.57. The first-order valence-electron chi connectivity index (χ1n) is 3.56. The second-order valence-corrected chi connectivity index (χ2v) is 2.46. The largest absolute Gasteiger partial charge is 0.467 e. The molecule has 0 aliphatic heterocycles. The van der Waals surface area contributed by atoms with Gasteiger partial charge in [-0.1, -0.05) is 0 Å². The zero-order chi connectivity index (χ0) is 8.10. The zero-order valence-corrected chi connectivity index (χ0v) is 7.23. The Hall–Kier alpha value is -0.470. The second kappa shape index (κ2) is 4.42. The van der Waals surface area contributed by atoms with Gasteiger partial charge >= 0.3 is 0 Å². The summed E-state index contributed by atoms with van der Waals surface area (Å²) < 4.78 is 10.3. The fraction of sp³-hybridized carbons (Fsp3) is 0.500. The van der Waals surface area contributed by atoms with Gasteiger partial charge in [0.1, 0.15) is 12.4 Å². The lowest BCUT2D eigenvalue weighted by atomic mass is 10.3. The Morgan fingerprint density at radius 3 is 3.00 bits per heavy atom. The second-order valence-electron chi connectivity index (χ2n) is 2.19. The molecule has 0 atom stereocenters. The smallest absolute Gasteiger partial charge is 0.129 e. The maximum atomic E-state index is 5.57. The van der Waals surface area contributed by atoms with Gasteiger partial charge in [-0.2, -0.15) is 0 Å².